The van der Waals surface area contributed by atoms with Crippen LogP contribution in [0.5, 0.6) is 11.5 Å². The number of halogens is 2. The molecule has 0 aliphatic rings. The molecule has 21 heavy (non-hydrogen) atoms. The van der Waals surface area contributed by atoms with Crippen molar-refractivity contribution in [3.63, 3.8) is 0 Å². The van der Waals surface area contributed by atoms with E-state index < -0.39 is 11.6 Å². The summed E-state index contributed by atoms with van der Waals surface area (Å²) in [5.41, 5.74) is 5.93. The molecule has 0 aromatic heterocycles. The minimum atomic E-state index is -1.01. The van der Waals surface area contributed by atoms with Gasteiger partial charge in [-0.15, -0.1) is 0 Å². The smallest absolute Gasteiger partial charge is 0.200 e. The Labute approximate surface area is 120 Å². The monoisotopic (exact) mass is 292 g/mol. The molecule has 0 radical (unpaired) electrons. The molecule has 0 aliphatic carbocycles. The lowest BCUT2D eigenvalue weighted by atomic mass is 10.2. The minimum absolute atomic E-state index is 0.0218. The van der Waals surface area contributed by atoms with Crippen LogP contribution in [0.4, 0.5) is 8.78 Å². The molecule has 0 spiro atoms. The summed E-state index contributed by atoms with van der Waals surface area (Å²) >= 11 is 0. The van der Waals surface area contributed by atoms with E-state index in [1.165, 1.54) is 12.1 Å². The minimum Gasteiger partial charge on any atom is -0.490 e. The van der Waals surface area contributed by atoms with Crippen LogP contribution in [-0.4, -0.2) is 19.0 Å². The number of nitrogen functional groups attached to an aromatic ring is 1. The highest BCUT2D eigenvalue weighted by atomic mass is 19.2. The van der Waals surface area contributed by atoms with Crippen LogP contribution in [0.15, 0.2) is 42.5 Å². The van der Waals surface area contributed by atoms with Gasteiger partial charge in [0, 0.05) is 5.56 Å². The number of ether oxygens (including phenoxy) is 2. The van der Waals surface area contributed by atoms with Crippen LogP contribution in [-0.2, 0) is 0 Å². The molecule has 0 heterocycles. The number of amidine groups is 1. The quantitative estimate of drug-likeness (QED) is 0.488. The van der Waals surface area contributed by atoms with E-state index in [1.807, 2.05) is 0 Å². The molecule has 6 heteroatoms. The van der Waals surface area contributed by atoms with Gasteiger partial charge < -0.3 is 15.2 Å². The lowest BCUT2D eigenvalue weighted by Gasteiger charge is -2.09. The van der Waals surface area contributed by atoms with Gasteiger partial charge in [-0.2, -0.15) is 4.39 Å². The normalized spacial score (nSPS) is 10.2. The first-order chi connectivity index (χ1) is 10.1. The summed E-state index contributed by atoms with van der Waals surface area (Å²) in [6.45, 7) is 0.254. The Morgan fingerprint density at radius 3 is 2.33 bits per heavy atom. The van der Waals surface area contributed by atoms with Gasteiger partial charge in [0.05, 0.1) is 0 Å². The maximum atomic E-state index is 13.3. The SMILES string of the molecule is N=C(N)c1ccc(OCCOc2cccc(F)c2F)cc1. The second kappa shape index (κ2) is 6.69. The molecule has 0 bridgehead atoms. The third kappa shape index (κ3) is 3.92. The number of nitrogens with two attached hydrogens (primary N) is 1. The number of hydrogen-bond acceptors (Lipinski definition) is 3. The molecule has 110 valence electrons. The van der Waals surface area contributed by atoms with E-state index in [-0.39, 0.29) is 24.8 Å². The first-order valence-corrected chi connectivity index (χ1v) is 6.22. The number of rotatable bonds is 6. The van der Waals surface area contributed by atoms with Crippen molar-refractivity contribution in [2.75, 3.05) is 13.2 Å². The van der Waals surface area contributed by atoms with Gasteiger partial charge in [0.15, 0.2) is 11.6 Å². The van der Waals surface area contributed by atoms with Gasteiger partial charge in [0.25, 0.3) is 0 Å². The van der Waals surface area contributed by atoms with Gasteiger partial charge >= 0.3 is 0 Å². The Morgan fingerprint density at radius 2 is 1.67 bits per heavy atom. The van der Waals surface area contributed by atoms with Crippen molar-refractivity contribution in [1.29, 1.82) is 5.41 Å². The van der Waals surface area contributed by atoms with E-state index >= 15 is 0 Å². The van der Waals surface area contributed by atoms with Crippen LogP contribution in [0.2, 0.25) is 0 Å². The van der Waals surface area contributed by atoms with Crippen LogP contribution in [0.3, 0.4) is 0 Å². The first kappa shape index (κ1) is 14.8. The van der Waals surface area contributed by atoms with E-state index in [1.54, 1.807) is 24.3 Å². The topological polar surface area (TPSA) is 68.3 Å². The summed E-state index contributed by atoms with van der Waals surface area (Å²) in [4.78, 5) is 0. The van der Waals surface area contributed by atoms with Gasteiger partial charge in [0.2, 0.25) is 5.82 Å². The van der Waals surface area contributed by atoms with Gasteiger partial charge in [-0.25, -0.2) is 4.39 Å². The first-order valence-electron chi connectivity index (χ1n) is 6.22. The number of benzene rings is 2. The molecule has 0 saturated carbocycles. The number of hydrogen-bond donors (Lipinski definition) is 2. The maximum Gasteiger partial charge on any atom is 0.200 e. The number of nitrogens with one attached hydrogen (secondary N) is 1. The summed E-state index contributed by atoms with van der Waals surface area (Å²) in [5.74, 6) is -1.56. The Morgan fingerprint density at radius 1 is 1.00 bits per heavy atom. The van der Waals surface area contributed by atoms with Gasteiger partial charge in [-0.3, -0.25) is 5.41 Å². The molecule has 0 saturated heterocycles. The van der Waals surface area contributed by atoms with E-state index in [4.69, 9.17) is 20.6 Å². The van der Waals surface area contributed by atoms with Crippen molar-refractivity contribution < 1.29 is 18.3 Å². The molecule has 0 unspecified atom stereocenters. The summed E-state index contributed by atoms with van der Waals surface area (Å²) in [6.07, 6.45) is 0. The second-order valence-electron chi connectivity index (χ2n) is 4.19. The van der Waals surface area contributed by atoms with Crippen molar-refractivity contribution in [1.82, 2.24) is 0 Å². The van der Waals surface area contributed by atoms with E-state index in [0.29, 0.717) is 11.3 Å². The fourth-order valence-electron chi connectivity index (χ4n) is 1.64. The van der Waals surface area contributed by atoms with Gasteiger partial charge in [-0.1, -0.05) is 6.07 Å². The summed E-state index contributed by atoms with van der Waals surface area (Å²) in [5, 5.41) is 7.26. The third-order valence-electron chi connectivity index (χ3n) is 2.69. The molecule has 0 aliphatic heterocycles. The Balaban J connectivity index is 1.82. The van der Waals surface area contributed by atoms with E-state index in [2.05, 4.69) is 0 Å². The standard InChI is InChI=1S/C15H14F2N2O2/c16-12-2-1-3-13(14(12)17)21-9-8-20-11-6-4-10(5-7-11)15(18)19/h1-7H,8-9H2,(H3,18,19). The molecule has 4 nitrogen and oxygen atoms in total. The Hall–Kier alpha value is -2.63. The highest BCUT2D eigenvalue weighted by molar-refractivity contribution is 5.94. The Bertz CT molecular complexity index is 630. The molecule has 2 aromatic carbocycles. The zero-order valence-electron chi connectivity index (χ0n) is 11.1. The summed E-state index contributed by atoms with van der Waals surface area (Å²) in [7, 11) is 0. The maximum absolute atomic E-state index is 13.3. The largest absolute Gasteiger partial charge is 0.490 e. The van der Waals surface area contributed by atoms with Crippen LogP contribution < -0.4 is 15.2 Å². The second-order valence-corrected chi connectivity index (χ2v) is 4.19. The van der Waals surface area contributed by atoms with Crippen molar-refractivity contribution in [2.24, 2.45) is 5.73 Å². The molecule has 2 rings (SSSR count). The fraction of sp³-hybridized carbons (Fsp3) is 0.133. The molecule has 2 aromatic rings. The summed E-state index contributed by atoms with van der Waals surface area (Å²) in [6, 6.07) is 10.4. The van der Waals surface area contributed by atoms with E-state index in [0.717, 1.165) is 6.07 Å². The van der Waals surface area contributed by atoms with Crippen molar-refractivity contribution in [2.45, 2.75) is 0 Å². The van der Waals surface area contributed by atoms with Crippen LogP contribution in [0, 0.1) is 17.0 Å². The zero-order chi connectivity index (χ0) is 15.2. The van der Waals surface area contributed by atoms with Gasteiger partial charge in [-0.05, 0) is 36.4 Å². The highest BCUT2D eigenvalue weighted by Gasteiger charge is 2.08. The van der Waals surface area contributed by atoms with Crippen LogP contribution >= 0.6 is 0 Å². The lowest BCUT2D eigenvalue weighted by molar-refractivity contribution is 0.210. The molecule has 0 amide bonds. The lowest BCUT2D eigenvalue weighted by Crippen LogP contribution is -2.12. The molecule has 0 fully saturated rings. The van der Waals surface area contributed by atoms with Crippen molar-refractivity contribution in [3.05, 3.63) is 59.7 Å². The Kier molecular flexibility index (Phi) is 4.71. The molecular formula is C15H14F2N2O2. The third-order valence-corrected chi connectivity index (χ3v) is 2.69. The molecule has 0 atom stereocenters. The van der Waals surface area contributed by atoms with Crippen LogP contribution in [0.1, 0.15) is 5.56 Å². The average Bonchev–Trinajstić information content (AvgIpc) is 2.48. The molecule has 3 N–H and O–H groups in total. The van der Waals surface area contributed by atoms with E-state index in [9.17, 15) is 8.78 Å². The van der Waals surface area contributed by atoms with Gasteiger partial charge in [0.1, 0.15) is 24.8 Å². The molecular weight excluding hydrogens is 278 g/mol. The predicted octanol–water partition coefficient (Wildman–Crippen LogP) is 2.71. The summed E-state index contributed by atoms with van der Waals surface area (Å²) < 4.78 is 36.7. The predicted molar refractivity (Wildman–Crippen MR) is 74.8 cm³/mol. The fourth-order valence-corrected chi connectivity index (χ4v) is 1.64. The van der Waals surface area contributed by atoms with Crippen molar-refractivity contribution >= 4 is 5.84 Å². The highest BCUT2D eigenvalue weighted by Crippen LogP contribution is 2.19. The van der Waals surface area contributed by atoms with Crippen LogP contribution in [0.25, 0.3) is 0 Å². The average molecular weight is 292 g/mol. The van der Waals surface area contributed by atoms with Crippen molar-refractivity contribution in [3.8, 4) is 11.5 Å². The zero-order valence-corrected chi connectivity index (χ0v) is 11.1.